The van der Waals surface area contributed by atoms with Crippen molar-refractivity contribution < 1.29 is 8.83 Å². The van der Waals surface area contributed by atoms with Crippen molar-refractivity contribution in [3.05, 3.63) is 370 Å². The number of furan rings is 2. The van der Waals surface area contributed by atoms with Crippen LogP contribution in [0.2, 0.25) is 0 Å². The van der Waals surface area contributed by atoms with Crippen molar-refractivity contribution >= 4 is 153 Å². The van der Waals surface area contributed by atoms with Gasteiger partial charge in [-0.2, -0.15) is 0 Å². The van der Waals surface area contributed by atoms with Gasteiger partial charge in [-0.1, -0.05) is 188 Å². The van der Waals surface area contributed by atoms with Crippen LogP contribution in [0.25, 0.3) is 226 Å². The zero-order valence-electron chi connectivity index (χ0n) is 58.8. The highest BCUT2D eigenvalue weighted by Gasteiger charge is 2.23. The van der Waals surface area contributed by atoms with Gasteiger partial charge in [-0.25, -0.2) is 0 Å². The molecule has 0 bridgehead atoms. The van der Waals surface area contributed by atoms with E-state index in [9.17, 15) is 0 Å². The van der Waals surface area contributed by atoms with Crippen LogP contribution in [0, 0.1) is 0 Å². The summed E-state index contributed by atoms with van der Waals surface area (Å²) in [4.78, 5) is 0. The molecule has 0 atom stereocenters. The number of aromatic nitrogens is 5. The molecule has 24 rings (SSSR count). The van der Waals surface area contributed by atoms with Crippen molar-refractivity contribution in [3.63, 3.8) is 0 Å². The first kappa shape index (κ1) is 59.7. The summed E-state index contributed by atoms with van der Waals surface area (Å²) >= 11 is 0. The van der Waals surface area contributed by atoms with E-state index in [-0.39, 0.29) is 0 Å². The molecule has 0 fully saturated rings. The molecular weight excluding hydrogens is 1330 g/mol. The fourth-order valence-corrected chi connectivity index (χ4v) is 18.3. The van der Waals surface area contributed by atoms with Crippen molar-refractivity contribution in [2.45, 2.75) is 0 Å². The number of rotatable bonds is 9. The average Bonchev–Trinajstić information content (AvgIpc) is 1.56. The Labute approximate surface area is 623 Å². The van der Waals surface area contributed by atoms with Gasteiger partial charge in [-0.05, 0) is 226 Å². The van der Waals surface area contributed by atoms with Crippen LogP contribution >= 0.6 is 0 Å². The topological polar surface area (TPSA) is 50.9 Å². The predicted octanol–water partition coefficient (Wildman–Crippen LogP) is 27.6. The molecule has 24 aromatic rings. The number of hydrogen-bond acceptors (Lipinski definition) is 2. The molecular formula is C102H61N5O2. The fraction of sp³-hybridized carbons (Fsp3) is 0. The van der Waals surface area contributed by atoms with Crippen molar-refractivity contribution in [3.8, 4) is 72.9 Å². The first-order valence-corrected chi connectivity index (χ1v) is 37.3. The standard InChI is InChI=1S/C102H61N5O2/c1-2-22-70(23-3-1)103-97-46-40-71(106-93-34-14-8-28-79(93)81-54-66(36-44-95(81)106)62-18-16-20-64(52-62)68-38-48-99-85(56-68)87-60-73(42-50-101(87)108-99)104-89-30-10-4-24-75(89)76-25-5-11-31-90(76)104)58-83(97)84-59-72(41-47-98(84)103)107-94-35-15-9-29-80(94)82-55-67(37-45-96(82)107)63-19-17-21-65(53-63)69-39-49-100-86(57-69)88-61-74(43-51-102(88)109-100)105-91-32-12-6-26-77(91)78-27-7-13-33-92(78)105/h1-61H. The van der Waals surface area contributed by atoms with Crippen LogP contribution in [0.1, 0.15) is 0 Å². The molecule has 506 valence electrons. The molecule has 0 radical (unpaired) electrons. The minimum atomic E-state index is 0.873. The van der Waals surface area contributed by atoms with Gasteiger partial charge in [0, 0.05) is 104 Å². The largest absolute Gasteiger partial charge is 0.456 e. The van der Waals surface area contributed by atoms with Crippen molar-refractivity contribution in [1.82, 2.24) is 22.8 Å². The Morgan fingerprint density at radius 1 is 0.128 bits per heavy atom. The second-order valence-corrected chi connectivity index (χ2v) is 29.1. The molecule has 0 aliphatic rings. The van der Waals surface area contributed by atoms with E-state index in [1.165, 1.54) is 75.9 Å². The fourth-order valence-electron chi connectivity index (χ4n) is 18.3. The molecule has 0 amide bonds. The Hall–Kier alpha value is -14.7. The van der Waals surface area contributed by atoms with Crippen LogP contribution < -0.4 is 0 Å². The monoisotopic (exact) mass is 1390 g/mol. The maximum Gasteiger partial charge on any atom is 0.135 e. The molecule has 7 heterocycles. The maximum absolute atomic E-state index is 6.54. The normalized spacial score (nSPS) is 12.2. The van der Waals surface area contributed by atoms with Crippen molar-refractivity contribution in [2.24, 2.45) is 0 Å². The second kappa shape index (κ2) is 22.9. The molecule has 0 N–H and O–H groups in total. The smallest absolute Gasteiger partial charge is 0.135 e. The minimum Gasteiger partial charge on any atom is -0.456 e. The summed E-state index contributed by atoms with van der Waals surface area (Å²) in [6, 6.07) is 136. The number of nitrogens with zero attached hydrogens (tertiary/aromatic N) is 5. The molecule has 7 aromatic heterocycles. The van der Waals surface area contributed by atoms with Gasteiger partial charge < -0.3 is 31.7 Å². The van der Waals surface area contributed by atoms with Gasteiger partial charge in [0.05, 0.1) is 55.2 Å². The quantitative estimate of drug-likeness (QED) is 0.145. The molecule has 0 aliphatic heterocycles. The molecule has 7 heteroatoms. The molecule has 0 spiro atoms. The Bertz CT molecular complexity index is 7440. The lowest BCUT2D eigenvalue weighted by molar-refractivity contribution is 0.668. The summed E-state index contributed by atoms with van der Waals surface area (Å²) in [6.07, 6.45) is 0. The SMILES string of the molecule is c1ccc(-n2c3ccc(-n4c5ccccc5c5cc(-c6cccc(-c7ccc8oc9ccc(-n%10c%11ccccc%11c%11ccccc%11%10)cc9c8c7)c6)ccc54)cc3c3cc(-n4c5ccccc5c5cc(-c6cccc(-c7ccc8oc9ccc(-n%10c%11ccccc%11c%11ccccc%11%10)cc9c8c7)c6)ccc54)ccc32)cc1. The summed E-state index contributed by atoms with van der Waals surface area (Å²) in [7, 11) is 0. The lowest BCUT2D eigenvalue weighted by atomic mass is 9.97. The van der Waals surface area contributed by atoms with Gasteiger partial charge >= 0.3 is 0 Å². The van der Waals surface area contributed by atoms with Crippen LogP contribution in [0.15, 0.2) is 379 Å². The molecule has 0 saturated carbocycles. The highest BCUT2D eigenvalue weighted by molar-refractivity contribution is 6.17. The molecule has 109 heavy (non-hydrogen) atoms. The molecule has 7 nitrogen and oxygen atoms in total. The van der Waals surface area contributed by atoms with Gasteiger partial charge in [-0.15, -0.1) is 0 Å². The summed E-state index contributed by atoms with van der Waals surface area (Å²) in [5.41, 5.74) is 29.9. The third-order valence-corrected chi connectivity index (χ3v) is 23.2. The third-order valence-electron chi connectivity index (χ3n) is 23.2. The Kier molecular flexibility index (Phi) is 12.6. The highest BCUT2D eigenvalue weighted by atomic mass is 16.3. The van der Waals surface area contributed by atoms with E-state index in [4.69, 9.17) is 8.83 Å². The predicted molar refractivity (Wildman–Crippen MR) is 454 cm³/mol. The zero-order valence-corrected chi connectivity index (χ0v) is 58.8. The van der Waals surface area contributed by atoms with Crippen LogP contribution in [-0.2, 0) is 0 Å². The summed E-state index contributed by atoms with van der Waals surface area (Å²) in [5, 5.41) is 16.5. The molecule has 0 aliphatic carbocycles. The summed E-state index contributed by atoms with van der Waals surface area (Å²) in [6.45, 7) is 0. The number of fused-ring (bicyclic) bond motifs is 21. The van der Waals surface area contributed by atoms with E-state index in [1.807, 2.05) is 0 Å². The van der Waals surface area contributed by atoms with Crippen molar-refractivity contribution in [2.75, 3.05) is 0 Å². The van der Waals surface area contributed by atoms with E-state index in [0.717, 1.165) is 150 Å². The number of hydrogen-bond donors (Lipinski definition) is 0. The maximum atomic E-state index is 6.54. The van der Waals surface area contributed by atoms with E-state index in [1.54, 1.807) is 0 Å². The lowest BCUT2D eigenvalue weighted by Crippen LogP contribution is -1.96. The first-order valence-electron chi connectivity index (χ1n) is 37.3. The van der Waals surface area contributed by atoms with Crippen LogP contribution in [-0.4, -0.2) is 22.8 Å². The number of benzene rings is 17. The van der Waals surface area contributed by atoms with E-state index >= 15 is 0 Å². The van der Waals surface area contributed by atoms with E-state index in [2.05, 4.69) is 393 Å². The minimum absolute atomic E-state index is 0.873. The van der Waals surface area contributed by atoms with Crippen LogP contribution in [0.5, 0.6) is 0 Å². The molecule has 0 saturated heterocycles. The van der Waals surface area contributed by atoms with E-state index < -0.39 is 0 Å². The Morgan fingerprint density at radius 3 is 0.697 bits per heavy atom. The highest BCUT2D eigenvalue weighted by Crippen LogP contribution is 2.45. The molecule has 0 unspecified atom stereocenters. The first-order chi connectivity index (χ1) is 54.0. The van der Waals surface area contributed by atoms with Gasteiger partial charge in [-0.3, -0.25) is 0 Å². The Morgan fingerprint density at radius 2 is 0.349 bits per heavy atom. The average molecular weight is 1390 g/mol. The summed E-state index contributed by atoms with van der Waals surface area (Å²) in [5.74, 6) is 0. The van der Waals surface area contributed by atoms with Crippen molar-refractivity contribution in [1.29, 1.82) is 0 Å². The third kappa shape index (κ3) is 8.93. The van der Waals surface area contributed by atoms with Gasteiger partial charge in [0.1, 0.15) is 22.3 Å². The van der Waals surface area contributed by atoms with Crippen LogP contribution in [0.4, 0.5) is 0 Å². The lowest BCUT2D eigenvalue weighted by Gasteiger charge is -2.11. The Balaban J connectivity index is 0.585. The molecule has 17 aromatic carbocycles. The summed E-state index contributed by atoms with van der Waals surface area (Å²) < 4.78 is 25.2. The van der Waals surface area contributed by atoms with E-state index in [0.29, 0.717) is 0 Å². The van der Waals surface area contributed by atoms with Gasteiger partial charge in [0.2, 0.25) is 0 Å². The van der Waals surface area contributed by atoms with Crippen LogP contribution in [0.3, 0.4) is 0 Å². The van der Waals surface area contributed by atoms with Gasteiger partial charge in [0.25, 0.3) is 0 Å². The zero-order chi connectivity index (χ0) is 71.1. The second-order valence-electron chi connectivity index (χ2n) is 29.1. The number of para-hydroxylation sites is 7. The van der Waals surface area contributed by atoms with Gasteiger partial charge in [0.15, 0.2) is 0 Å².